The Morgan fingerprint density at radius 1 is 1.24 bits per heavy atom. The lowest BCUT2D eigenvalue weighted by Crippen LogP contribution is -2.40. The number of benzene rings is 1. The Morgan fingerprint density at radius 2 is 1.95 bits per heavy atom. The van der Waals surface area contributed by atoms with Gasteiger partial charge in [0.05, 0.1) is 11.6 Å². The molecule has 0 amide bonds. The van der Waals surface area contributed by atoms with E-state index in [0.717, 1.165) is 50.9 Å². The van der Waals surface area contributed by atoms with Crippen molar-refractivity contribution in [1.29, 1.82) is 5.26 Å². The first-order valence-corrected chi connectivity index (χ1v) is 7.55. The highest BCUT2D eigenvalue weighted by Gasteiger charge is 2.34. The lowest BCUT2D eigenvalue weighted by atomic mass is 9.98. The van der Waals surface area contributed by atoms with Gasteiger partial charge >= 0.3 is 0 Å². The number of anilines is 1. The molecule has 1 aromatic carbocycles. The second kappa shape index (κ2) is 5.98. The fraction of sp³-hybridized carbons (Fsp3) is 0.562. The molecule has 0 bridgehead atoms. The summed E-state index contributed by atoms with van der Waals surface area (Å²) in [5.74, 6) is -0.821. The van der Waals surface area contributed by atoms with Gasteiger partial charge in [-0.2, -0.15) is 5.26 Å². The van der Waals surface area contributed by atoms with E-state index in [4.69, 9.17) is 5.26 Å². The van der Waals surface area contributed by atoms with Crippen molar-refractivity contribution in [2.45, 2.75) is 31.7 Å². The lowest BCUT2D eigenvalue weighted by Gasteiger charge is -2.32. The molecule has 1 N–H and O–H groups in total. The van der Waals surface area contributed by atoms with Crippen LogP contribution in [0.15, 0.2) is 12.1 Å². The summed E-state index contributed by atoms with van der Waals surface area (Å²) in [5, 5.41) is 12.1. The van der Waals surface area contributed by atoms with Crippen LogP contribution in [0.4, 0.5) is 14.5 Å². The average molecular weight is 291 g/mol. The van der Waals surface area contributed by atoms with Crippen LogP contribution in [0.5, 0.6) is 0 Å². The van der Waals surface area contributed by atoms with Crippen molar-refractivity contribution in [1.82, 2.24) is 5.32 Å². The minimum Gasteiger partial charge on any atom is -0.363 e. The monoisotopic (exact) mass is 291 g/mol. The molecule has 1 heterocycles. The van der Waals surface area contributed by atoms with E-state index in [1.54, 1.807) is 6.07 Å². The van der Waals surface area contributed by atoms with Gasteiger partial charge < -0.3 is 10.2 Å². The highest BCUT2D eigenvalue weighted by molar-refractivity contribution is 5.54. The Labute approximate surface area is 123 Å². The van der Waals surface area contributed by atoms with Crippen molar-refractivity contribution in [3.05, 3.63) is 29.3 Å². The number of nitrogens with zero attached hydrogens (tertiary/aromatic N) is 2. The summed E-state index contributed by atoms with van der Waals surface area (Å²) in [6.45, 7) is 2.61. The molecule has 3 rings (SSSR count). The molecule has 5 heteroatoms. The van der Waals surface area contributed by atoms with E-state index < -0.39 is 11.6 Å². The van der Waals surface area contributed by atoms with Gasteiger partial charge in [-0.25, -0.2) is 8.78 Å². The number of nitriles is 1. The maximum absolute atomic E-state index is 14.2. The number of hydrogen-bond acceptors (Lipinski definition) is 3. The lowest BCUT2D eigenvalue weighted by molar-refractivity contribution is 0.373. The molecule has 0 spiro atoms. The smallest absolute Gasteiger partial charge is 0.150 e. The predicted octanol–water partition coefficient (Wildman–Crippen LogP) is 2.80. The minimum atomic E-state index is -0.623. The molecule has 1 atom stereocenters. The summed E-state index contributed by atoms with van der Waals surface area (Å²) < 4.78 is 28.5. The number of nitrogens with one attached hydrogen (secondary N) is 1. The van der Waals surface area contributed by atoms with Crippen molar-refractivity contribution in [3.8, 4) is 6.07 Å². The first-order chi connectivity index (χ1) is 10.2. The highest BCUT2D eigenvalue weighted by Crippen LogP contribution is 2.36. The van der Waals surface area contributed by atoms with E-state index >= 15 is 0 Å². The van der Waals surface area contributed by atoms with Crippen LogP contribution in [0.2, 0.25) is 0 Å². The van der Waals surface area contributed by atoms with Crippen LogP contribution in [-0.2, 0) is 0 Å². The minimum absolute atomic E-state index is 0.0313. The Morgan fingerprint density at radius 3 is 2.48 bits per heavy atom. The first kappa shape index (κ1) is 14.3. The number of hydrogen-bond donors (Lipinski definition) is 1. The molecule has 1 aliphatic carbocycles. The van der Waals surface area contributed by atoms with Gasteiger partial charge in [-0.3, -0.25) is 0 Å². The van der Waals surface area contributed by atoms with Crippen LogP contribution in [0.3, 0.4) is 0 Å². The second-order valence-electron chi connectivity index (χ2n) is 6.00. The largest absolute Gasteiger partial charge is 0.363 e. The third-order valence-corrected chi connectivity index (χ3v) is 4.27. The molecule has 1 aliphatic heterocycles. The molecule has 3 nitrogen and oxygen atoms in total. The summed E-state index contributed by atoms with van der Waals surface area (Å²) in [4.78, 5) is 1.88. The molecular formula is C16H19F2N3. The molecule has 1 unspecified atom stereocenters. The first-order valence-electron chi connectivity index (χ1n) is 7.55. The molecule has 0 aromatic heterocycles. The zero-order valence-electron chi connectivity index (χ0n) is 11.9. The summed E-state index contributed by atoms with van der Waals surface area (Å²) in [7, 11) is 0. The number of rotatable bonds is 4. The van der Waals surface area contributed by atoms with Gasteiger partial charge in [0.1, 0.15) is 5.69 Å². The van der Waals surface area contributed by atoms with E-state index in [2.05, 4.69) is 5.32 Å². The van der Waals surface area contributed by atoms with E-state index in [-0.39, 0.29) is 17.3 Å². The Bertz CT molecular complexity index is 534. The molecule has 2 aliphatic rings. The fourth-order valence-electron chi connectivity index (χ4n) is 3.07. The van der Waals surface area contributed by atoms with Gasteiger partial charge in [0.25, 0.3) is 0 Å². The van der Waals surface area contributed by atoms with Gasteiger partial charge in [-0.1, -0.05) is 0 Å². The van der Waals surface area contributed by atoms with Crippen molar-refractivity contribution < 1.29 is 8.78 Å². The molecular weight excluding hydrogens is 272 g/mol. The Kier molecular flexibility index (Phi) is 4.07. The average Bonchev–Trinajstić information content (AvgIpc) is 3.31. The van der Waals surface area contributed by atoms with Crippen LogP contribution >= 0.6 is 0 Å². The number of piperidine rings is 1. The highest BCUT2D eigenvalue weighted by atomic mass is 19.1. The fourth-order valence-corrected chi connectivity index (χ4v) is 3.07. The number of halogens is 2. The molecule has 1 aromatic rings. The standard InChI is InChI=1S/C16H19F2N3/c17-14-6-12(8-19)7-15(18)16(14)21(13-3-4-13)10-11-2-1-5-20-9-11/h6-7,11,13,20H,1-5,9-10H2. The molecule has 2 fully saturated rings. The van der Waals surface area contributed by atoms with Gasteiger partial charge in [-0.15, -0.1) is 0 Å². The van der Waals surface area contributed by atoms with Crippen molar-refractivity contribution in [3.63, 3.8) is 0 Å². The summed E-state index contributed by atoms with van der Waals surface area (Å²) in [6, 6.07) is 4.30. The SMILES string of the molecule is N#Cc1cc(F)c(N(CC2CCCNC2)C2CC2)c(F)c1. The van der Waals surface area contributed by atoms with Gasteiger partial charge in [-0.05, 0) is 56.8 Å². The second-order valence-corrected chi connectivity index (χ2v) is 6.00. The van der Waals surface area contributed by atoms with E-state index in [1.165, 1.54) is 0 Å². The molecule has 21 heavy (non-hydrogen) atoms. The third-order valence-electron chi connectivity index (χ3n) is 4.27. The van der Waals surface area contributed by atoms with Gasteiger partial charge in [0, 0.05) is 12.6 Å². The van der Waals surface area contributed by atoms with Crippen molar-refractivity contribution >= 4 is 5.69 Å². The van der Waals surface area contributed by atoms with Crippen LogP contribution in [0.25, 0.3) is 0 Å². The summed E-state index contributed by atoms with van der Waals surface area (Å²) >= 11 is 0. The van der Waals surface area contributed by atoms with Crippen LogP contribution < -0.4 is 10.2 Å². The van der Waals surface area contributed by atoms with Gasteiger partial charge in [0.15, 0.2) is 11.6 Å². The van der Waals surface area contributed by atoms with E-state index in [0.29, 0.717) is 12.5 Å². The molecule has 112 valence electrons. The summed E-state index contributed by atoms with van der Waals surface area (Å²) in [5.41, 5.74) is 0.0749. The van der Waals surface area contributed by atoms with Crippen LogP contribution in [0, 0.1) is 28.9 Å². The maximum Gasteiger partial charge on any atom is 0.150 e. The molecule has 0 radical (unpaired) electrons. The molecule has 1 saturated carbocycles. The summed E-state index contributed by atoms with van der Waals surface area (Å²) in [6.07, 6.45) is 4.18. The maximum atomic E-state index is 14.2. The normalized spacial score (nSPS) is 21.9. The Balaban J connectivity index is 1.85. The van der Waals surface area contributed by atoms with Gasteiger partial charge in [0.2, 0.25) is 0 Å². The van der Waals surface area contributed by atoms with E-state index in [9.17, 15) is 8.78 Å². The zero-order valence-corrected chi connectivity index (χ0v) is 11.9. The molecule has 1 saturated heterocycles. The van der Waals surface area contributed by atoms with Crippen LogP contribution in [0.1, 0.15) is 31.2 Å². The zero-order chi connectivity index (χ0) is 14.8. The predicted molar refractivity (Wildman–Crippen MR) is 77.0 cm³/mol. The van der Waals surface area contributed by atoms with Crippen molar-refractivity contribution in [2.75, 3.05) is 24.5 Å². The van der Waals surface area contributed by atoms with Crippen molar-refractivity contribution in [2.24, 2.45) is 5.92 Å². The Hall–Kier alpha value is -1.67. The van der Waals surface area contributed by atoms with E-state index in [1.807, 2.05) is 4.90 Å². The van der Waals surface area contributed by atoms with Crippen LogP contribution in [-0.4, -0.2) is 25.7 Å². The quantitative estimate of drug-likeness (QED) is 0.927. The topological polar surface area (TPSA) is 39.1 Å². The third kappa shape index (κ3) is 3.16.